The number of benzene rings is 2. The average Bonchev–Trinajstić information content (AvgIpc) is 3.30. The molecule has 35 heavy (non-hydrogen) atoms. The molecule has 0 aliphatic carbocycles. The lowest BCUT2D eigenvalue weighted by Crippen LogP contribution is -2.30. The maximum atomic E-state index is 13.2. The number of carbonyl (C=O) groups excluding carboxylic acids is 1. The van der Waals surface area contributed by atoms with E-state index in [9.17, 15) is 4.79 Å². The molecule has 0 saturated heterocycles. The minimum Gasteiger partial charge on any atom is -0.489 e. The molecule has 0 saturated carbocycles. The van der Waals surface area contributed by atoms with Crippen molar-refractivity contribution in [3.8, 4) is 5.75 Å². The second kappa shape index (κ2) is 10.3. The maximum absolute atomic E-state index is 13.2. The number of fused-ring (bicyclic) bond motifs is 1. The maximum Gasteiger partial charge on any atom is 0.338 e. The molecule has 1 aliphatic rings. The van der Waals surface area contributed by atoms with E-state index in [0.717, 1.165) is 24.0 Å². The minimum absolute atomic E-state index is 0.0941. The molecule has 8 nitrogen and oxygen atoms in total. The average molecular weight is 476 g/mol. The van der Waals surface area contributed by atoms with Crippen molar-refractivity contribution < 1.29 is 14.3 Å². The third kappa shape index (κ3) is 5.37. The van der Waals surface area contributed by atoms with Gasteiger partial charge < -0.3 is 14.8 Å². The normalized spacial score (nSPS) is 15.4. The smallest absolute Gasteiger partial charge is 0.338 e. The Morgan fingerprint density at radius 3 is 2.57 bits per heavy atom. The summed E-state index contributed by atoms with van der Waals surface area (Å²) >= 11 is 0. The molecule has 0 amide bonds. The second-order valence-electron chi connectivity index (χ2n) is 9.78. The molecule has 1 aromatic heterocycles. The molecule has 0 bridgehead atoms. The Labute approximate surface area is 206 Å². The van der Waals surface area contributed by atoms with E-state index in [2.05, 4.69) is 72.8 Å². The molecule has 1 aliphatic heterocycles. The van der Waals surface area contributed by atoms with Gasteiger partial charge in [-0.1, -0.05) is 81.7 Å². The molecule has 2 heterocycles. The van der Waals surface area contributed by atoms with Gasteiger partial charge in [-0.05, 0) is 46.4 Å². The number of esters is 1. The summed E-state index contributed by atoms with van der Waals surface area (Å²) in [6.45, 7) is 11.2. The van der Waals surface area contributed by atoms with E-state index in [1.165, 1.54) is 5.56 Å². The van der Waals surface area contributed by atoms with Crippen molar-refractivity contribution in [1.29, 1.82) is 0 Å². The summed E-state index contributed by atoms with van der Waals surface area (Å²) in [5.41, 5.74) is 4.34. The summed E-state index contributed by atoms with van der Waals surface area (Å²) in [6, 6.07) is 15.6. The summed E-state index contributed by atoms with van der Waals surface area (Å²) in [5.74, 6) is 0.736. The summed E-state index contributed by atoms with van der Waals surface area (Å²) < 4.78 is 13.5. The number of allylic oxidation sites excluding steroid dienone is 1. The number of anilines is 1. The first-order valence-electron chi connectivity index (χ1n) is 12.0. The Morgan fingerprint density at radius 2 is 1.86 bits per heavy atom. The van der Waals surface area contributed by atoms with Gasteiger partial charge in [0, 0.05) is 11.3 Å². The molecule has 1 unspecified atom stereocenters. The third-order valence-electron chi connectivity index (χ3n) is 6.09. The summed E-state index contributed by atoms with van der Waals surface area (Å²) in [5, 5.41) is 15.2. The van der Waals surface area contributed by atoms with Crippen LogP contribution in [0.15, 0.2) is 59.8 Å². The predicted octanol–water partition coefficient (Wildman–Crippen LogP) is 5.18. The van der Waals surface area contributed by atoms with Gasteiger partial charge >= 0.3 is 5.97 Å². The van der Waals surface area contributed by atoms with Gasteiger partial charge in [0.05, 0.1) is 12.2 Å². The molecule has 3 aromatic rings. The number of hydrogen-bond donors (Lipinski definition) is 1. The number of ether oxygens (including phenoxy) is 2. The standard InChI is InChI=1S/C27H33N5O3/c1-6-7-16-34-25(33)23-18(2)28-26-29-30-31-32(26)24(23)21-10-8-9-11-22(21)35-17-19-12-14-20(15-13-19)27(3,4)5/h8-15,24H,6-7,16-17H2,1-5H3,(H,28,29,31). The van der Waals surface area contributed by atoms with E-state index in [-0.39, 0.29) is 11.4 Å². The van der Waals surface area contributed by atoms with Crippen LogP contribution in [0.4, 0.5) is 5.95 Å². The second-order valence-corrected chi connectivity index (χ2v) is 9.78. The Kier molecular flexibility index (Phi) is 7.19. The van der Waals surface area contributed by atoms with Gasteiger partial charge in [-0.2, -0.15) is 4.68 Å². The first kappa shape index (κ1) is 24.4. The van der Waals surface area contributed by atoms with Crippen LogP contribution in [0, 0.1) is 0 Å². The number of nitrogens with one attached hydrogen (secondary N) is 1. The quantitative estimate of drug-likeness (QED) is 0.354. The first-order valence-corrected chi connectivity index (χ1v) is 12.0. The van der Waals surface area contributed by atoms with E-state index in [0.29, 0.717) is 36.2 Å². The molecule has 8 heteroatoms. The van der Waals surface area contributed by atoms with E-state index in [1.54, 1.807) is 4.68 Å². The lowest BCUT2D eigenvalue weighted by Gasteiger charge is -2.28. The molecule has 184 valence electrons. The Morgan fingerprint density at radius 1 is 1.11 bits per heavy atom. The summed E-state index contributed by atoms with van der Waals surface area (Å²) in [4.78, 5) is 13.2. The fourth-order valence-corrected chi connectivity index (χ4v) is 4.05. The number of unbranched alkanes of at least 4 members (excludes halogenated alkanes) is 1. The van der Waals surface area contributed by atoms with Crippen molar-refractivity contribution in [1.82, 2.24) is 20.2 Å². The van der Waals surface area contributed by atoms with Crippen LogP contribution in [0.1, 0.15) is 70.2 Å². The Bertz CT molecular complexity index is 1210. The van der Waals surface area contributed by atoms with Crippen molar-refractivity contribution in [2.75, 3.05) is 11.9 Å². The van der Waals surface area contributed by atoms with E-state index >= 15 is 0 Å². The molecule has 1 N–H and O–H groups in total. The van der Waals surface area contributed by atoms with Gasteiger partial charge in [0.2, 0.25) is 5.95 Å². The molecule has 2 aromatic carbocycles. The van der Waals surface area contributed by atoms with Gasteiger partial charge in [0.1, 0.15) is 18.4 Å². The highest BCUT2D eigenvalue weighted by atomic mass is 16.5. The number of tetrazole rings is 1. The van der Waals surface area contributed by atoms with Crippen molar-refractivity contribution in [2.45, 2.75) is 65.5 Å². The SMILES string of the molecule is CCCCOC(=O)C1=C(C)Nc2nnnn2C1c1ccccc1OCc1ccc(C(C)(C)C)cc1. The minimum atomic E-state index is -0.574. The lowest BCUT2D eigenvalue weighted by molar-refractivity contribution is -0.139. The molecule has 0 radical (unpaired) electrons. The highest BCUT2D eigenvalue weighted by Crippen LogP contribution is 2.39. The fourth-order valence-electron chi connectivity index (χ4n) is 4.05. The summed E-state index contributed by atoms with van der Waals surface area (Å²) in [6.07, 6.45) is 1.75. The van der Waals surface area contributed by atoms with Crippen LogP contribution in [0.3, 0.4) is 0 Å². The van der Waals surface area contributed by atoms with Crippen LogP contribution < -0.4 is 10.1 Å². The zero-order chi connectivity index (χ0) is 25.0. The molecule has 0 spiro atoms. The number of aromatic nitrogens is 4. The number of carbonyl (C=O) groups is 1. The van der Waals surface area contributed by atoms with Crippen LogP contribution >= 0.6 is 0 Å². The van der Waals surface area contributed by atoms with E-state index < -0.39 is 6.04 Å². The fraction of sp³-hybridized carbons (Fsp3) is 0.407. The zero-order valence-corrected chi connectivity index (χ0v) is 21.0. The Hall–Kier alpha value is -3.68. The Balaban J connectivity index is 1.64. The van der Waals surface area contributed by atoms with Crippen LogP contribution in [-0.2, 0) is 21.6 Å². The zero-order valence-electron chi connectivity index (χ0n) is 21.0. The van der Waals surface area contributed by atoms with Gasteiger partial charge in [-0.15, -0.1) is 0 Å². The van der Waals surface area contributed by atoms with E-state index in [4.69, 9.17) is 9.47 Å². The van der Waals surface area contributed by atoms with Crippen molar-refractivity contribution in [3.05, 3.63) is 76.5 Å². The molecule has 4 rings (SSSR count). The lowest BCUT2D eigenvalue weighted by atomic mass is 9.87. The van der Waals surface area contributed by atoms with Crippen LogP contribution in [0.2, 0.25) is 0 Å². The van der Waals surface area contributed by atoms with Crippen LogP contribution in [0.5, 0.6) is 5.75 Å². The van der Waals surface area contributed by atoms with Gasteiger partial charge in [-0.25, -0.2) is 4.79 Å². The van der Waals surface area contributed by atoms with Gasteiger partial charge in [0.15, 0.2) is 0 Å². The molecule has 0 fully saturated rings. The van der Waals surface area contributed by atoms with Crippen LogP contribution in [-0.4, -0.2) is 32.8 Å². The highest BCUT2D eigenvalue weighted by Gasteiger charge is 2.36. The highest BCUT2D eigenvalue weighted by molar-refractivity contribution is 5.92. The van der Waals surface area contributed by atoms with Crippen molar-refractivity contribution in [2.24, 2.45) is 0 Å². The monoisotopic (exact) mass is 475 g/mol. The topological polar surface area (TPSA) is 91.2 Å². The first-order chi connectivity index (χ1) is 16.8. The third-order valence-corrected chi connectivity index (χ3v) is 6.09. The number of para-hydroxylation sites is 1. The van der Waals surface area contributed by atoms with Crippen molar-refractivity contribution >= 4 is 11.9 Å². The predicted molar refractivity (Wildman–Crippen MR) is 134 cm³/mol. The largest absolute Gasteiger partial charge is 0.489 e. The number of hydrogen-bond acceptors (Lipinski definition) is 7. The van der Waals surface area contributed by atoms with Crippen LogP contribution in [0.25, 0.3) is 0 Å². The molecule has 1 atom stereocenters. The number of rotatable bonds is 8. The van der Waals surface area contributed by atoms with E-state index in [1.807, 2.05) is 31.2 Å². The van der Waals surface area contributed by atoms with Crippen molar-refractivity contribution in [3.63, 3.8) is 0 Å². The van der Waals surface area contributed by atoms with Gasteiger partial charge in [0.25, 0.3) is 0 Å². The summed E-state index contributed by atoms with van der Waals surface area (Å²) in [7, 11) is 0. The van der Waals surface area contributed by atoms with Gasteiger partial charge in [-0.3, -0.25) is 0 Å². The molecular formula is C27H33N5O3. The number of nitrogens with zero attached hydrogens (tertiary/aromatic N) is 4. The molecular weight excluding hydrogens is 442 g/mol.